The number of benzene rings is 2. The van der Waals surface area contributed by atoms with Crippen molar-refractivity contribution in [3.8, 4) is 0 Å². The van der Waals surface area contributed by atoms with Gasteiger partial charge in [0, 0.05) is 12.6 Å². The SMILES string of the molecule is CC(C)N(Cc1ccccc1)C(=O)Cn1c(=O)[nH]c2ccccc2c1=O. The highest BCUT2D eigenvalue weighted by atomic mass is 16.2. The van der Waals surface area contributed by atoms with Crippen molar-refractivity contribution >= 4 is 16.8 Å². The van der Waals surface area contributed by atoms with Gasteiger partial charge in [-0.1, -0.05) is 42.5 Å². The minimum atomic E-state index is -0.578. The maximum atomic E-state index is 12.8. The molecular formula is C20H21N3O3. The molecule has 3 rings (SSSR count). The van der Waals surface area contributed by atoms with Crippen LogP contribution >= 0.6 is 0 Å². The van der Waals surface area contributed by atoms with Crippen molar-refractivity contribution in [1.82, 2.24) is 14.5 Å². The predicted molar refractivity (Wildman–Crippen MR) is 101 cm³/mol. The Morgan fingerprint density at radius 2 is 1.69 bits per heavy atom. The standard InChI is InChI=1S/C20H21N3O3/c1-14(2)22(12-15-8-4-3-5-9-15)18(24)13-23-19(25)16-10-6-7-11-17(16)21-20(23)26/h3-11,14H,12-13H2,1-2H3,(H,21,26). The quantitative estimate of drug-likeness (QED) is 0.765. The first-order chi connectivity index (χ1) is 12.5. The summed E-state index contributed by atoms with van der Waals surface area (Å²) in [6.45, 7) is 3.96. The van der Waals surface area contributed by atoms with E-state index in [2.05, 4.69) is 4.98 Å². The van der Waals surface area contributed by atoms with Gasteiger partial charge < -0.3 is 9.88 Å². The molecule has 26 heavy (non-hydrogen) atoms. The molecule has 1 aromatic heterocycles. The number of para-hydroxylation sites is 1. The molecule has 0 fully saturated rings. The van der Waals surface area contributed by atoms with E-state index in [1.54, 1.807) is 29.2 Å². The van der Waals surface area contributed by atoms with Crippen molar-refractivity contribution in [2.75, 3.05) is 0 Å². The van der Waals surface area contributed by atoms with Gasteiger partial charge in [0.05, 0.1) is 10.9 Å². The fourth-order valence-corrected chi connectivity index (χ4v) is 2.91. The molecule has 1 N–H and O–H groups in total. The van der Waals surface area contributed by atoms with Crippen LogP contribution in [0.5, 0.6) is 0 Å². The number of carbonyl (C=O) groups excluding carboxylic acids is 1. The second kappa shape index (κ2) is 7.39. The van der Waals surface area contributed by atoms with E-state index in [0.717, 1.165) is 10.1 Å². The zero-order chi connectivity index (χ0) is 18.7. The van der Waals surface area contributed by atoms with Crippen LogP contribution < -0.4 is 11.2 Å². The molecule has 0 aliphatic rings. The number of aromatic nitrogens is 2. The molecule has 0 bridgehead atoms. The number of hydrogen-bond acceptors (Lipinski definition) is 3. The van der Waals surface area contributed by atoms with E-state index in [4.69, 9.17) is 0 Å². The number of hydrogen-bond donors (Lipinski definition) is 1. The highest BCUT2D eigenvalue weighted by Gasteiger charge is 2.20. The number of carbonyl (C=O) groups is 1. The summed E-state index contributed by atoms with van der Waals surface area (Å²) in [5.74, 6) is -0.272. The zero-order valence-electron chi connectivity index (χ0n) is 14.8. The zero-order valence-corrected chi connectivity index (χ0v) is 14.8. The second-order valence-corrected chi connectivity index (χ2v) is 6.47. The smallest absolute Gasteiger partial charge is 0.329 e. The van der Waals surface area contributed by atoms with Gasteiger partial charge in [0.15, 0.2) is 0 Å². The number of aromatic amines is 1. The van der Waals surface area contributed by atoms with E-state index < -0.39 is 11.2 Å². The van der Waals surface area contributed by atoms with Crippen molar-refractivity contribution < 1.29 is 4.79 Å². The fourth-order valence-electron chi connectivity index (χ4n) is 2.91. The maximum Gasteiger partial charge on any atom is 0.329 e. The summed E-state index contributed by atoms with van der Waals surface area (Å²) in [5.41, 5.74) is 0.428. The molecule has 2 aromatic carbocycles. The molecule has 1 amide bonds. The third-order valence-corrected chi connectivity index (χ3v) is 4.32. The van der Waals surface area contributed by atoms with Gasteiger partial charge in [-0.25, -0.2) is 4.79 Å². The Labute approximate surface area is 150 Å². The van der Waals surface area contributed by atoms with E-state index in [1.165, 1.54) is 0 Å². The van der Waals surface area contributed by atoms with Crippen LogP contribution in [0.25, 0.3) is 10.9 Å². The third kappa shape index (κ3) is 3.59. The normalized spacial score (nSPS) is 11.0. The lowest BCUT2D eigenvalue weighted by Gasteiger charge is -2.27. The lowest BCUT2D eigenvalue weighted by Crippen LogP contribution is -2.44. The molecule has 3 aromatic rings. The maximum absolute atomic E-state index is 12.8. The van der Waals surface area contributed by atoms with Gasteiger partial charge >= 0.3 is 5.69 Å². The van der Waals surface area contributed by atoms with Crippen LogP contribution in [0.3, 0.4) is 0 Å². The molecule has 0 saturated heterocycles. The summed E-state index contributed by atoms with van der Waals surface area (Å²) < 4.78 is 0.963. The molecule has 1 heterocycles. The summed E-state index contributed by atoms with van der Waals surface area (Å²) in [4.78, 5) is 42.0. The largest absolute Gasteiger partial charge is 0.334 e. The molecular weight excluding hydrogens is 330 g/mol. The first kappa shape index (κ1) is 17.7. The Balaban J connectivity index is 1.91. The van der Waals surface area contributed by atoms with Crippen LogP contribution in [-0.4, -0.2) is 26.4 Å². The predicted octanol–water partition coefficient (Wildman–Crippen LogP) is 2.13. The van der Waals surface area contributed by atoms with E-state index >= 15 is 0 Å². The highest BCUT2D eigenvalue weighted by Crippen LogP contribution is 2.09. The van der Waals surface area contributed by atoms with Gasteiger partial charge in [-0.05, 0) is 31.5 Å². The summed E-state index contributed by atoms with van der Waals surface area (Å²) in [6, 6.07) is 16.3. The first-order valence-electron chi connectivity index (χ1n) is 8.52. The molecule has 0 radical (unpaired) electrons. The monoisotopic (exact) mass is 351 g/mol. The molecule has 0 saturated carbocycles. The van der Waals surface area contributed by atoms with E-state index in [0.29, 0.717) is 17.4 Å². The molecule has 6 nitrogen and oxygen atoms in total. The van der Waals surface area contributed by atoms with E-state index in [9.17, 15) is 14.4 Å². The average molecular weight is 351 g/mol. The molecule has 0 spiro atoms. The lowest BCUT2D eigenvalue weighted by atomic mass is 10.2. The van der Waals surface area contributed by atoms with E-state index in [1.807, 2.05) is 44.2 Å². The fraction of sp³-hybridized carbons (Fsp3) is 0.250. The Morgan fingerprint density at radius 1 is 1.04 bits per heavy atom. The van der Waals surface area contributed by atoms with Crippen molar-refractivity contribution in [3.05, 3.63) is 81.0 Å². The molecule has 0 atom stereocenters. The van der Waals surface area contributed by atoms with Crippen molar-refractivity contribution in [2.24, 2.45) is 0 Å². The number of rotatable bonds is 5. The third-order valence-electron chi connectivity index (χ3n) is 4.32. The minimum absolute atomic E-state index is 0.0575. The number of amides is 1. The van der Waals surface area contributed by atoms with Gasteiger partial charge in [-0.3, -0.25) is 14.2 Å². The molecule has 134 valence electrons. The minimum Gasteiger partial charge on any atom is -0.334 e. The Bertz CT molecular complexity index is 1040. The van der Waals surface area contributed by atoms with Crippen molar-refractivity contribution in [2.45, 2.75) is 33.0 Å². The van der Waals surface area contributed by atoms with Gasteiger partial charge in [-0.2, -0.15) is 0 Å². The Morgan fingerprint density at radius 3 is 2.38 bits per heavy atom. The lowest BCUT2D eigenvalue weighted by molar-refractivity contribution is -0.134. The van der Waals surface area contributed by atoms with Crippen LogP contribution in [0.1, 0.15) is 19.4 Å². The summed E-state index contributed by atoms with van der Waals surface area (Å²) in [5, 5.41) is 0.388. The summed E-state index contributed by atoms with van der Waals surface area (Å²) in [7, 11) is 0. The molecule has 0 aliphatic carbocycles. The van der Waals surface area contributed by atoms with Gasteiger partial charge in [0.25, 0.3) is 5.56 Å². The van der Waals surface area contributed by atoms with Crippen molar-refractivity contribution in [1.29, 1.82) is 0 Å². The Kier molecular flexibility index (Phi) is 5.02. The first-order valence-corrected chi connectivity index (χ1v) is 8.52. The van der Waals surface area contributed by atoms with Crippen LogP contribution in [0, 0.1) is 0 Å². The van der Waals surface area contributed by atoms with Gasteiger partial charge in [0.1, 0.15) is 6.54 Å². The second-order valence-electron chi connectivity index (χ2n) is 6.47. The van der Waals surface area contributed by atoms with Crippen molar-refractivity contribution in [3.63, 3.8) is 0 Å². The van der Waals surface area contributed by atoms with Crippen LogP contribution in [-0.2, 0) is 17.9 Å². The average Bonchev–Trinajstić information content (AvgIpc) is 2.63. The number of fused-ring (bicyclic) bond motifs is 1. The molecule has 6 heteroatoms. The van der Waals surface area contributed by atoms with Gasteiger partial charge in [-0.15, -0.1) is 0 Å². The van der Waals surface area contributed by atoms with Crippen LogP contribution in [0.4, 0.5) is 0 Å². The summed E-state index contributed by atoms with van der Waals surface area (Å²) >= 11 is 0. The Hall–Kier alpha value is -3.15. The number of nitrogens with one attached hydrogen (secondary N) is 1. The summed E-state index contributed by atoms with van der Waals surface area (Å²) in [6.07, 6.45) is 0. The molecule has 0 unspecified atom stereocenters. The number of H-pyrrole nitrogens is 1. The number of nitrogens with zero attached hydrogens (tertiary/aromatic N) is 2. The highest BCUT2D eigenvalue weighted by molar-refractivity contribution is 5.79. The molecule has 0 aliphatic heterocycles. The van der Waals surface area contributed by atoms with Crippen LogP contribution in [0.15, 0.2) is 64.2 Å². The van der Waals surface area contributed by atoms with Crippen LogP contribution in [0.2, 0.25) is 0 Å². The van der Waals surface area contributed by atoms with E-state index in [-0.39, 0.29) is 18.5 Å². The van der Waals surface area contributed by atoms with Gasteiger partial charge in [0.2, 0.25) is 5.91 Å². The topological polar surface area (TPSA) is 75.2 Å².